The highest BCUT2D eigenvalue weighted by Crippen LogP contribution is 2.31. The van der Waals surface area contributed by atoms with E-state index in [0.29, 0.717) is 24.5 Å². The van der Waals surface area contributed by atoms with Crippen molar-refractivity contribution in [2.45, 2.75) is 25.1 Å². The van der Waals surface area contributed by atoms with E-state index in [1.54, 1.807) is 0 Å². The number of nitrogens with one attached hydrogen (secondary N) is 1. The van der Waals surface area contributed by atoms with Crippen LogP contribution < -0.4 is 10.2 Å². The van der Waals surface area contributed by atoms with Crippen molar-refractivity contribution in [1.82, 2.24) is 15.0 Å². The Hall–Kier alpha value is -2.75. The molecule has 0 saturated carbocycles. The lowest BCUT2D eigenvalue weighted by Crippen LogP contribution is -2.40. The molecule has 0 unspecified atom stereocenters. The molecule has 1 N–H and O–H groups in total. The molecule has 1 aliphatic heterocycles. The smallest absolute Gasteiger partial charge is 0.329 e. The quantitative estimate of drug-likeness (QED) is 0.735. The summed E-state index contributed by atoms with van der Waals surface area (Å²) in [6.45, 7) is 0.416. The van der Waals surface area contributed by atoms with Crippen LogP contribution in [0.15, 0.2) is 36.5 Å². The third-order valence-electron chi connectivity index (χ3n) is 4.27. The standard InChI is InChI=1S/C17H14F3N5OS/c18-17(19,20)13-7-8-21-15(23-13)25-9-3-5-11(25)14(26)24-16-22-10-4-1-2-6-12(10)27-16/h1-2,4,6-8,11H,3,5,9H2,(H,22,24,26)/t11-/m1/s1. The summed E-state index contributed by atoms with van der Waals surface area (Å²) in [5, 5.41) is 3.22. The zero-order chi connectivity index (χ0) is 19.0. The van der Waals surface area contributed by atoms with Crippen molar-refractivity contribution in [1.29, 1.82) is 0 Å². The summed E-state index contributed by atoms with van der Waals surface area (Å²) in [6, 6.07) is 7.67. The first-order valence-corrected chi connectivity index (χ1v) is 9.07. The molecule has 6 nitrogen and oxygen atoms in total. The van der Waals surface area contributed by atoms with Crippen LogP contribution >= 0.6 is 11.3 Å². The van der Waals surface area contributed by atoms with Gasteiger partial charge >= 0.3 is 6.18 Å². The molecule has 27 heavy (non-hydrogen) atoms. The van der Waals surface area contributed by atoms with Crippen LogP contribution in [0, 0.1) is 0 Å². The monoisotopic (exact) mass is 393 g/mol. The van der Waals surface area contributed by atoms with E-state index in [4.69, 9.17) is 0 Å². The van der Waals surface area contributed by atoms with Crippen LogP contribution in [-0.2, 0) is 11.0 Å². The first kappa shape index (κ1) is 17.7. The van der Waals surface area contributed by atoms with Gasteiger partial charge in [0, 0.05) is 12.7 Å². The second-order valence-corrected chi connectivity index (χ2v) is 7.10. The molecule has 1 saturated heterocycles. The van der Waals surface area contributed by atoms with Crippen molar-refractivity contribution < 1.29 is 18.0 Å². The van der Waals surface area contributed by atoms with Crippen molar-refractivity contribution in [2.75, 3.05) is 16.8 Å². The Morgan fingerprint density at radius 1 is 1.22 bits per heavy atom. The minimum Gasteiger partial charge on any atom is -0.329 e. The van der Waals surface area contributed by atoms with Crippen LogP contribution in [0.4, 0.5) is 24.3 Å². The van der Waals surface area contributed by atoms with Gasteiger partial charge < -0.3 is 10.2 Å². The van der Waals surface area contributed by atoms with E-state index in [0.717, 1.165) is 22.5 Å². The molecule has 0 aliphatic carbocycles. The number of thiazole rings is 1. The van der Waals surface area contributed by atoms with Crippen LogP contribution in [-0.4, -0.2) is 33.4 Å². The van der Waals surface area contributed by atoms with Crippen LogP contribution in [0.2, 0.25) is 0 Å². The summed E-state index contributed by atoms with van der Waals surface area (Å²) < 4.78 is 39.7. The molecule has 0 bridgehead atoms. The summed E-state index contributed by atoms with van der Waals surface area (Å²) in [7, 11) is 0. The van der Waals surface area contributed by atoms with Gasteiger partial charge in [0.1, 0.15) is 11.7 Å². The van der Waals surface area contributed by atoms with Gasteiger partial charge in [-0.05, 0) is 31.0 Å². The maximum Gasteiger partial charge on any atom is 0.433 e. The summed E-state index contributed by atoms with van der Waals surface area (Å²) in [6.07, 6.45) is -2.32. The van der Waals surface area contributed by atoms with Gasteiger partial charge in [-0.15, -0.1) is 0 Å². The highest BCUT2D eigenvalue weighted by atomic mass is 32.1. The van der Waals surface area contributed by atoms with Gasteiger partial charge in [-0.2, -0.15) is 13.2 Å². The average molecular weight is 393 g/mol. The van der Waals surface area contributed by atoms with Crippen LogP contribution in [0.3, 0.4) is 0 Å². The van der Waals surface area contributed by atoms with Gasteiger partial charge in [0.15, 0.2) is 5.13 Å². The molecule has 10 heteroatoms. The SMILES string of the molecule is O=C(Nc1nc2ccccc2s1)[C@H]1CCCN1c1nccc(C(F)(F)F)n1. The predicted octanol–water partition coefficient (Wildman–Crippen LogP) is 3.71. The molecule has 1 aliphatic rings. The number of hydrogen-bond acceptors (Lipinski definition) is 6. The molecular formula is C17H14F3N5OS. The van der Waals surface area contributed by atoms with Crippen molar-refractivity contribution in [3.05, 3.63) is 42.2 Å². The molecule has 1 fully saturated rings. The first-order chi connectivity index (χ1) is 12.9. The van der Waals surface area contributed by atoms with Gasteiger partial charge in [0.05, 0.1) is 10.2 Å². The number of alkyl halides is 3. The zero-order valence-electron chi connectivity index (χ0n) is 13.9. The van der Waals surface area contributed by atoms with Crippen molar-refractivity contribution in [2.24, 2.45) is 0 Å². The topological polar surface area (TPSA) is 71.0 Å². The van der Waals surface area contributed by atoms with Crippen molar-refractivity contribution >= 4 is 38.5 Å². The number of aromatic nitrogens is 3. The second kappa shape index (κ2) is 6.76. The first-order valence-electron chi connectivity index (χ1n) is 8.25. The zero-order valence-corrected chi connectivity index (χ0v) is 14.7. The molecule has 0 radical (unpaired) electrons. The largest absolute Gasteiger partial charge is 0.433 e. The number of anilines is 2. The van der Waals surface area contributed by atoms with Crippen molar-refractivity contribution in [3.63, 3.8) is 0 Å². The summed E-state index contributed by atoms with van der Waals surface area (Å²) in [4.78, 5) is 26.1. The molecule has 1 atom stereocenters. The van der Waals surface area contributed by atoms with E-state index in [-0.39, 0.29) is 11.9 Å². The van der Waals surface area contributed by atoms with Crippen LogP contribution in [0.1, 0.15) is 18.5 Å². The number of nitrogens with zero attached hydrogens (tertiary/aromatic N) is 4. The normalized spacial score (nSPS) is 17.4. The maximum absolute atomic E-state index is 12.9. The van der Waals surface area contributed by atoms with Crippen LogP contribution in [0.5, 0.6) is 0 Å². The van der Waals surface area contributed by atoms with E-state index in [1.165, 1.54) is 16.2 Å². The molecule has 2 aromatic heterocycles. The maximum atomic E-state index is 12.9. The molecule has 4 rings (SSSR count). The lowest BCUT2D eigenvalue weighted by Gasteiger charge is -2.23. The molecule has 1 aromatic carbocycles. The molecule has 0 spiro atoms. The highest BCUT2D eigenvalue weighted by molar-refractivity contribution is 7.22. The number of para-hydroxylation sites is 1. The molecule has 3 aromatic rings. The highest BCUT2D eigenvalue weighted by Gasteiger charge is 2.36. The number of rotatable bonds is 3. The lowest BCUT2D eigenvalue weighted by molar-refractivity contribution is -0.141. The number of benzene rings is 1. The van der Waals surface area contributed by atoms with Gasteiger partial charge in [0.25, 0.3) is 0 Å². The number of halogens is 3. The fraction of sp³-hybridized carbons (Fsp3) is 0.294. The summed E-state index contributed by atoms with van der Waals surface area (Å²) in [5.74, 6) is -0.417. The number of fused-ring (bicyclic) bond motifs is 1. The van der Waals surface area contributed by atoms with Gasteiger partial charge in [-0.3, -0.25) is 4.79 Å². The summed E-state index contributed by atoms with van der Waals surface area (Å²) >= 11 is 1.35. The molecule has 1 amide bonds. The van der Waals surface area contributed by atoms with E-state index in [1.807, 2.05) is 24.3 Å². The van der Waals surface area contributed by atoms with E-state index in [2.05, 4.69) is 20.3 Å². The third kappa shape index (κ3) is 3.57. The number of carbonyl (C=O) groups excluding carboxylic acids is 1. The Balaban J connectivity index is 1.55. The van der Waals surface area contributed by atoms with Gasteiger partial charge in [0.2, 0.25) is 11.9 Å². The second-order valence-electron chi connectivity index (χ2n) is 6.07. The fourth-order valence-electron chi connectivity index (χ4n) is 3.04. The minimum atomic E-state index is -4.56. The Morgan fingerprint density at radius 2 is 2.04 bits per heavy atom. The number of hydrogen-bond donors (Lipinski definition) is 1. The third-order valence-corrected chi connectivity index (χ3v) is 5.22. The Labute approximate surface area is 156 Å². The van der Waals surface area contributed by atoms with Gasteiger partial charge in [-0.1, -0.05) is 23.5 Å². The molecule has 140 valence electrons. The van der Waals surface area contributed by atoms with E-state index in [9.17, 15) is 18.0 Å². The number of amides is 1. The fourth-order valence-corrected chi connectivity index (χ4v) is 3.91. The predicted molar refractivity (Wildman–Crippen MR) is 95.7 cm³/mol. The summed E-state index contributed by atoms with van der Waals surface area (Å²) in [5.41, 5.74) is -0.243. The lowest BCUT2D eigenvalue weighted by atomic mass is 10.2. The van der Waals surface area contributed by atoms with Crippen LogP contribution in [0.25, 0.3) is 10.2 Å². The number of carbonyl (C=O) groups is 1. The Morgan fingerprint density at radius 3 is 2.81 bits per heavy atom. The average Bonchev–Trinajstić information content (AvgIpc) is 3.27. The molecular weight excluding hydrogens is 379 g/mol. The Bertz CT molecular complexity index is 957. The molecule has 3 heterocycles. The minimum absolute atomic E-state index is 0.0909. The Kier molecular flexibility index (Phi) is 4.42. The van der Waals surface area contributed by atoms with E-state index < -0.39 is 17.9 Å². The van der Waals surface area contributed by atoms with E-state index >= 15 is 0 Å². The van der Waals surface area contributed by atoms with Gasteiger partial charge in [-0.25, -0.2) is 15.0 Å². The van der Waals surface area contributed by atoms with Crippen molar-refractivity contribution in [3.8, 4) is 0 Å².